The SMILES string of the molecule is CCN(C1CC2CCC(C1)N2)S(=O)(=O)c1ccc(Cl)cc1. The Morgan fingerprint density at radius 1 is 1.19 bits per heavy atom. The van der Waals surface area contributed by atoms with Crippen molar-refractivity contribution in [3.05, 3.63) is 29.3 Å². The highest BCUT2D eigenvalue weighted by molar-refractivity contribution is 7.89. The van der Waals surface area contributed by atoms with Crippen molar-refractivity contribution in [1.29, 1.82) is 0 Å². The van der Waals surface area contributed by atoms with Gasteiger partial charge in [-0.2, -0.15) is 4.31 Å². The summed E-state index contributed by atoms with van der Waals surface area (Å²) in [5.74, 6) is 0. The lowest BCUT2D eigenvalue weighted by Gasteiger charge is -2.36. The molecule has 0 aliphatic carbocycles. The number of nitrogens with one attached hydrogen (secondary N) is 1. The minimum atomic E-state index is -3.44. The summed E-state index contributed by atoms with van der Waals surface area (Å²) in [5.41, 5.74) is 0. The van der Waals surface area contributed by atoms with E-state index in [1.165, 1.54) is 12.8 Å². The van der Waals surface area contributed by atoms with Crippen LogP contribution >= 0.6 is 11.6 Å². The lowest BCUT2D eigenvalue weighted by molar-refractivity contribution is 0.232. The second-order valence-electron chi connectivity index (χ2n) is 5.93. The third-order valence-corrected chi connectivity index (χ3v) is 6.88. The molecule has 0 saturated carbocycles. The Balaban J connectivity index is 1.86. The number of nitrogens with zero attached hydrogens (tertiary/aromatic N) is 1. The molecule has 21 heavy (non-hydrogen) atoms. The zero-order valence-corrected chi connectivity index (χ0v) is 13.7. The van der Waals surface area contributed by atoms with Gasteiger partial charge >= 0.3 is 0 Å². The summed E-state index contributed by atoms with van der Waals surface area (Å²) in [6.07, 6.45) is 4.16. The van der Waals surface area contributed by atoms with Gasteiger partial charge in [-0.05, 0) is 49.9 Å². The van der Waals surface area contributed by atoms with E-state index in [1.54, 1.807) is 28.6 Å². The zero-order chi connectivity index (χ0) is 15.0. The maximum absolute atomic E-state index is 12.9. The van der Waals surface area contributed by atoms with Crippen molar-refractivity contribution in [1.82, 2.24) is 9.62 Å². The number of hydrogen-bond donors (Lipinski definition) is 1. The lowest BCUT2D eigenvalue weighted by atomic mass is 10.00. The monoisotopic (exact) mass is 328 g/mol. The first-order valence-electron chi connectivity index (χ1n) is 7.54. The fraction of sp³-hybridized carbons (Fsp3) is 0.600. The number of fused-ring (bicyclic) bond motifs is 2. The molecule has 0 amide bonds. The molecule has 6 heteroatoms. The molecular formula is C15H21ClN2O2S. The molecule has 0 radical (unpaired) electrons. The highest BCUT2D eigenvalue weighted by Crippen LogP contribution is 2.32. The Bertz CT molecular complexity index is 591. The Morgan fingerprint density at radius 2 is 1.76 bits per heavy atom. The maximum Gasteiger partial charge on any atom is 0.243 e. The number of piperidine rings is 1. The van der Waals surface area contributed by atoms with Gasteiger partial charge in [0.15, 0.2) is 0 Å². The normalized spacial score (nSPS) is 29.0. The van der Waals surface area contributed by atoms with Crippen LogP contribution in [0.3, 0.4) is 0 Å². The Hall–Kier alpha value is -0.620. The fourth-order valence-corrected chi connectivity index (χ4v) is 5.41. The molecule has 2 unspecified atom stereocenters. The second kappa shape index (κ2) is 5.88. The van der Waals surface area contributed by atoms with Gasteiger partial charge in [-0.1, -0.05) is 18.5 Å². The quantitative estimate of drug-likeness (QED) is 0.924. The van der Waals surface area contributed by atoms with Crippen molar-refractivity contribution in [3.8, 4) is 0 Å². The van der Waals surface area contributed by atoms with Gasteiger partial charge in [-0.3, -0.25) is 0 Å². The van der Waals surface area contributed by atoms with Crippen LogP contribution < -0.4 is 5.32 Å². The highest BCUT2D eigenvalue weighted by Gasteiger charge is 2.39. The van der Waals surface area contributed by atoms with E-state index in [9.17, 15) is 8.42 Å². The standard InChI is InChI=1S/C15H21ClN2O2S/c1-2-18(14-9-12-5-6-13(10-14)17-12)21(19,20)15-7-3-11(16)4-8-15/h3-4,7-8,12-14,17H,2,5-6,9-10H2,1H3. The minimum Gasteiger partial charge on any atom is -0.311 e. The molecule has 4 nitrogen and oxygen atoms in total. The molecule has 2 bridgehead atoms. The zero-order valence-electron chi connectivity index (χ0n) is 12.1. The van der Waals surface area contributed by atoms with Gasteiger partial charge in [0.05, 0.1) is 4.90 Å². The first-order chi connectivity index (χ1) is 10.0. The molecule has 1 aromatic rings. The van der Waals surface area contributed by atoms with Crippen molar-refractivity contribution in [3.63, 3.8) is 0 Å². The van der Waals surface area contributed by atoms with Crippen molar-refractivity contribution in [2.24, 2.45) is 0 Å². The number of rotatable bonds is 4. The van der Waals surface area contributed by atoms with Crippen LogP contribution in [0.4, 0.5) is 0 Å². The summed E-state index contributed by atoms with van der Waals surface area (Å²) in [6, 6.07) is 7.51. The third kappa shape index (κ3) is 2.97. The van der Waals surface area contributed by atoms with Crippen LogP contribution in [0.5, 0.6) is 0 Å². The average Bonchev–Trinajstić information content (AvgIpc) is 2.79. The summed E-state index contributed by atoms with van der Waals surface area (Å²) in [6.45, 7) is 2.42. The minimum absolute atomic E-state index is 0.106. The molecule has 1 N–H and O–H groups in total. The molecule has 0 spiro atoms. The number of hydrogen-bond acceptors (Lipinski definition) is 3. The Morgan fingerprint density at radius 3 is 2.29 bits per heavy atom. The van der Waals surface area contributed by atoms with Crippen LogP contribution in [0.1, 0.15) is 32.6 Å². The van der Waals surface area contributed by atoms with Gasteiger partial charge in [0.2, 0.25) is 10.0 Å². The van der Waals surface area contributed by atoms with Crippen LogP contribution in [-0.2, 0) is 10.0 Å². The number of benzene rings is 1. The predicted octanol–water partition coefficient (Wildman–Crippen LogP) is 2.63. The van der Waals surface area contributed by atoms with Gasteiger partial charge in [0.25, 0.3) is 0 Å². The van der Waals surface area contributed by atoms with Gasteiger partial charge in [-0.25, -0.2) is 8.42 Å². The summed E-state index contributed by atoms with van der Waals surface area (Å²) >= 11 is 5.85. The molecule has 116 valence electrons. The molecule has 2 atom stereocenters. The first kappa shape index (κ1) is 15.3. The van der Waals surface area contributed by atoms with E-state index < -0.39 is 10.0 Å². The van der Waals surface area contributed by atoms with E-state index in [0.29, 0.717) is 28.5 Å². The summed E-state index contributed by atoms with van der Waals surface area (Å²) in [7, 11) is -3.44. The molecule has 1 aromatic carbocycles. The molecule has 2 heterocycles. The molecule has 3 rings (SSSR count). The van der Waals surface area contributed by atoms with E-state index in [2.05, 4.69) is 5.32 Å². The van der Waals surface area contributed by atoms with Crippen molar-refractivity contribution >= 4 is 21.6 Å². The van der Waals surface area contributed by atoms with E-state index in [1.807, 2.05) is 6.92 Å². The second-order valence-corrected chi connectivity index (χ2v) is 8.25. The van der Waals surface area contributed by atoms with Crippen LogP contribution in [-0.4, -0.2) is 37.4 Å². The van der Waals surface area contributed by atoms with Crippen LogP contribution in [0.25, 0.3) is 0 Å². The largest absolute Gasteiger partial charge is 0.311 e. The van der Waals surface area contributed by atoms with Gasteiger partial charge in [0.1, 0.15) is 0 Å². The molecule has 0 aromatic heterocycles. The maximum atomic E-state index is 12.9. The van der Waals surface area contributed by atoms with Gasteiger partial charge < -0.3 is 5.32 Å². The first-order valence-corrected chi connectivity index (χ1v) is 9.36. The third-order valence-electron chi connectivity index (χ3n) is 4.59. The molecule has 2 fully saturated rings. The predicted molar refractivity (Wildman–Crippen MR) is 84.0 cm³/mol. The molecular weight excluding hydrogens is 308 g/mol. The number of sulfonamides is 1. The van der Waals surface area contributed by atoms with Crippen LogP contribution in [0, 0.1) is 0 Å². The summed E-state index contributed by atoms with van der Waals surface area (Å²) < 4.78 is 27.4. The summed E-state index contributed by atoms with van der Waals surface area (Å²) in [4.78, 5) is 0.333. The average molecular weight is 329 g/mol. The van der Waals surface area contributed by atoms with Crippen LogP contribution in [0.2, 0.25) is 5.02 Å². The van der Waals surface area contributed by atoms with Gasteiger partial charge in [-0.15, -0.1) is 0 Å². The van der Waals surface area contributed by atoms with Crippen molar-refractivity contribution in [2.45, 2.75) is 55.6 Å². The molecule has 2 aliphatic heterocycles. The Kier molecular flexibility index (Phi) is 4.28. The number of halogens is 1. The Labute approximate surface area is 131 Å². The van der Waals surface area contributed by atoms with E-state index in [4.69, 9.17) is 11.6 Å². The van der Waals surface area contributed by atoms with Crippen molar-refractivity contribution < 1.29 is 8.42 Å². The molecule has 2 aliphatic rings. The smallest absolute Gasteiger partial charge is 0.243 e. The highest BCUT2D eigenvalue weighted by atomic mass is 35.5. The fourth-order valence-electron chi connectivity index (χ4n) is 3.63. The summed E-state index contributed by atoms with van der Waals surface area (Å²) in [5, 5.41) is 4.11. The van der Waals surface area contributed by atoms with E-state index in [0.717, 1.165) is 12.8 Å². The topological polar surface area (TPSA) is 49.4 Å². The van der Waals surface area contributed by atoms with Crippen LogP contribution in [0.15, 0.2) is 29.2 Å². The van der Waals surface area contributed by atoms with E-state index >= 15 is 0 Å². The van der Waals surface area contributed by atoms with Crippen molar-refractivity contribution in [2.75, 3.05) is 6.54 Å². The molecule has 2 saturated heterocycles. The lowest BCUT2D eigenvalue weighted by Crippen LogP contribution is -2.50. The van der Waals surface area contributed by atoms with E-state index in [-0.39, 0.29) is 6.04 Å². The van der Waals surface area contributed by atoms with Gasteiger partial charge in [0, 0.05) is 29.7 Å².